The first-order valence-corrected chi connectivity index (χ1v) is 15.2. The van der Waals surface area contributed by atoms with Crippen LogP contribution in [0.25, 0.3) is 0 Å². The Balaban J connectivity index is 1.75. The first kappa shape index (κ1) is 29.1. The van der Waals surface area contributed by atoms with Crippen LogP contribution in [0.15, 0.2) is 82.5 Å². The predicted molar refractivity (Wildman–Crippen MR) is 151 cm³/mol. The third-order valence-electron chi connectivity index (χ3n) is 7.20. The number of H-pyrrole nitrogens is 1. The zero-order valence-corrected chi connectivity index (χ0v) is 24.1. The SMILES string of the molecule is CC(C)CN(O)[C@H]1[C@H](F)[C@H](n2ccc(=O)[nH]c2=O)O[C@@H]1CO[Si](c1ccccc1)(c1ccccc1)C(C)(C)C. The number of aromatic amines is 1. The van der Waals surface area contributed by atoms with Crippen LogP contribution in [0.5, 0.6) is 0 Å². The van der Waals surface area contributed by atoms with Gasteiger partial charge < -0.3 is 14.4 Å². The number of benzene rings is 2. The molecular weight excluding hydrogens is 517 g/mol. The highest BCUT2D eigenvalue weighted by Crippen LogP contribution is 2.39. The number of halogens is 1. The van der Waals surface area contributed by atoms with Crippen molar-refractivity contribution in [3.05, 3.63) is 93.8 Å². The quantitative estimate of drug-likeness (QED) is 0.311. The summed E-state index contributed by atoms with van der Waals surface area (Å²) in [4.78, 5) is 26.3. The fraction of sp³-hybridized carbons (Fsp3) is 0.448. The van der Waals surface area contributed by atoms with Gasteiger partial charge in [0.15, 0.2) is 12.4 Å². The molecule has 0 spiro atoms. The third kappa shape index (κ3) is 5.85. The maximum Gasteiger partial charge on any atom is 0.330 e. The van der Waals surface area contributed by atoms with Crippen molar-refractivity contribution in [1.29, 1.82) is 0 Å². The first-order chi connectivity index (χ1) is 18.5. The van der Waals surface area contributed by atoms with Crippen molar-refractivity contribution in [2.75, 3.05) is 13.2 Å². The smallest absolute Gasteiger partial charge is 0.330 e. The van der Waals surface area contributed by atoms with Gasteiger partial charge in [0.05, 0.1) is 12.6 Å². The maximum absolute atomic E-state index is 16.0. The van der Waals surface area contributed by atoms with Gasteiger partial charge in [-0.25, -0.2) is 9.18 Å². The summed E-state index contributed by atoms with van der Waals surface area (Å²) in [6.45, 7) is 10.5. The normalized spacial score (nSPS) is 22.1. The second-order valence-corrected chi connectivity index (χ2v) is 15.8. The predicted octanol–water partition coefficient (Wildman–Crippen LogP) is 3.06. The Labute approximate surface area is 229 Å². The lowest BCUT2D eigenvalue weighted by Crippen LogP contribution is -2.67. The Hall–Kier alpha value is -2.89. The zero-order valence-electron chi connectivity index (χ0n) is 23.1. The van der Waals surface area contributed by atoms with E-state index >= 15 is 4.39 Å². The van der Waals surface area contributed by atoms with Crippen molar-refractivity contribution in [2.24, 2.45) is 5.92 Å². The van der Waals surface area contributed by atoms with Gasteiger partial charge in [0.1, 0.15) is 6.10 Å². The van der Waals surface area contributed by atoms with Crippen LogP contribution >= 0.6 is 0 Å². The second kappa shape index (κ2) is 11.7. The minimum absolute atomic E-state index is 0.0118. The van der Waals surface area contributed by atoms with E-state index in [4.69, 9.17) is 9.16 Å². The number of rotatable bonds is 9. The van der Waals surface area contributed by atoms with E-state index in [1.807, 2.05) is 50.2 Å². The molecule has 0 unspecified atom stereocenters. The minimum Gasteiger partial charge on any atom is -0.405 e. The number of nitrogens with one attached hydrogen (secondary N) is 1. The van der Waals surface area contributed by atoms with Gasteiger partial charge in [0.2, 0.25) is 0 Å². The van der Waals surface area contributed by atoms with Crippen LogP contribution in [-0.2, 0) is 9.16 Å². The molecule has 2 N–H and O–H groups in total. The van der Waals surface area contributed by atoms with E-state index in [0.29, 0.717) is 0 Å². The summed E-state index contributed by atoms with van der Waals surface area (Å²) in [5, 5.41) is 13.8. The van der Waals surface area contributed by atoms with E-state index in [1.54, 1.807) is 0 Å². The molecule has 1 saturated heterocycles. The lowest BCUT2D eigenvalue weighted by molar-refractivity contribution is -0.160. The molecule has 8 nitrogen and oxygen atoms in total. The number of aromatic nitrogens is 2. The van der Waals surface area contributed by atoms with Crippen molar-refractivity contribution in [3.8, 4) is 0 Å². The number of ether oxygens (including phenoxy) is 1. The molecule has 0 amide bonds. The van der Waals surface area contributed by atoms with Crippen molar-refractivity contribution in [1.82, 2.24) is 14.6 Å². The minimum atomic E-state index is -2.97. The molecule has 0 radical (unpaired) electrons. The van der Waals surface area contributed by atoms with Gasteiger partial charge in [-0.2, -0.15) is 5.06 Å². The van der Waals surface area contributed by atoms with Crippen LogP contribution in [0.1, 0.15) is 40.8 Å². The van der Waals surface area contributed by atoms with Crippen LogP contribution in [0.3, 0.4) is 0 Å². The number of alkyl halides is 1. The molecule has 0 aliphatic carbocycles. The van der Waals surface area contributed by atoms with Crippen LogP contribution in [0, 0.1) is 5.92 Å². The van der Waals surface area contributed by atoms with E-state index in [-0.39, 0.29) is 24.1 Å². The largest absolute Gasteiger partial charge is 0.405 e. The number of hydroxylamine groups is 2. The van der Waals surface area contributed by atoms with Crippen LogP contribution in [0.4, 0.5) is 4.39 Å². The average Bonchev–Trinajstić information content (AvgIpc) is 3.20. The summed E-state index contributed by atoms with van der Waals surface area (Å²) in [7, 11) is -2.97. The Morgan fingerprint density at radius 3 is 2.10 bits per heavy atom. The fourth-order valence-corrected chi connectivity index (χ4v) is 10.1. The highest BCUT2D eigenvalue weighted by atomic mass is 28.4. The molecule has 2 heterocycles. The van der Waals surface area contributed by atoms with Crippen LogP contribution in [-0.4, -0.2) is 59.6 Å². The molecule has 1 aliphatic rings. The number of hydrogen-bond donors (Lipinski definition) is 2. The van der Waals surface area contributed by atoms with Gasteiger partial charge >= 0.3 is 5.69 Å². The second-order valence-electron chi connectivity index (χ2n) is 11.5. The third-order valence-corrected chi connectivity index (χ3v) is 12.2. The molecule has 39 heavy (non-hydrogen) atoms. The highest BCUT2D eigenvalue weighted by molar-refractivity contribution is 6.99. The van der Waals surface area contributed by atoms with E-state index < -0.39 is 44.1 Å². The molecule has 2 aromatic carbocycles. The molecule has 10 heteroatoms. The topological polar surface area (TPSA) is 96.8 Å². The van der Waals surface area contributed by atoms with Gasteiger partial charge in [0, 0.05) is 18.8 Å². The number of hydrogen-bond acceptors (Lipinski definition) is 6. The molecule has 1 aromatic heterocycles. The Kier molecular flexibility index (Phi) is 8.72. The lowest BCUT2D eigenvalue weighted by Gasteiger charge is -2.44. The highest BCUT2D eigenvalue weighted by Gasteiger charge is 2.54. The molecule has 1 fully saturated rings. The zero-order chi connectivity index (χ0) is 28.4. The summed E-state index contributed by atoms with van der Waals surface area (Å²) < 4.78 is 30.2. The molecular formula is C29H38FN3O5Si. The lowest BCUT2D eigenvalue weighted by atomic mass is 10.1. The van der Waals surface area contributed by atoms with Crippen molar-refractivity contribution in [2.45, 2.75) is 64.2 Å². The van der Waals surface area contributed by atoms with Crippen LogP contribution < -0.4 is 21.6 Å². The molecule has 1 aliphatic heterocycles. The van der Waals surface area contributed by atoms with E-state index in [1.165, 1.54) is 6.20 Å². The van der Waals surface area contributed by atoms with E-state index in [0.717, 1.165) is 26.1 Å². The monoisotopic (exact) mass is 555 g/mol. The van der Waals surface area contributed by atoms with E-state index in [9.17, 15) is 14.8 Å². The molecule has 4 rings (SSSR count). The molecule has 4 atom stereocenters. The summed E-state index contributed by atoms with van der Waals surface area (Å²) in [5.74, 6) is 0.0512. The summed E-state index contributed by atoms with van der Waals surface area (Å²) >= 11 is 0. The summed E-state index contributed by atoms with van der Waals surface area (Å²) in [6, 6.07) is 20.2. The summed E-state index contributed by atoms with van der Waals surface area (Å²) in [6.07, 6.45) is -2.78. The van der Waals surface area contributed by atoms with Gasteiger partial charge in [-0.1, -0.05) is 95.3 Å². The Morgan fingerprint density at radius 2 is 1.62 bits per heavy atom. The average molecular weight is 556 g/mol. The number of nitrogens with zero attached hydrogens (tertiary/aromatic N) is 2. The first-order valence-electron chi connectivity index (χ1n) is 13.3. The van der Waals surface area contributed by atoms with Gasteiger partial charge in [0.25, 0.3) is 13.9 Å². The van der Waals surface area contributed by atoms with Crippen molar-refractivity contribution in [3.63, 3.8) is 0 Å². The molecule has 210 valence electrons. The molecule has 0 saturated carbocycles. The van der Waals surface area contributed by atoms with Gasteiger partial charge in [-0.15, -0.1) is 0 Å². The van der Waals surface area contributed by atoms with Crippen molar-refractivity contribution < 1.29 is 18.8 Å². The van der Waals surface area contributed by atoms with Crippen molar-refractivity contribution >= 4 is 18.7 Å². The molecule has 3 aromatic rings. The Bertz CT molecular complexity index is 1300. The van der Waals surface area contributed by atoms with E-state index in [2.05, 4.69) is 50.0 Å². The van der Waals surface area contributed by atoms with Crippen LogP contribution in [0.2, 0.25) is 5.04 Å². The van der Waals surface area contributed by atoms with Gasteiger partial charge in [-0.3, -0.25) is 14.3 Å². The summed E-state index contributed by atoms with van der Waals surface area (Å²) in [5.41, 5.74) is -1.37. The molecule has 0 bridgehead atoms. The van der Waals surface area contributed by atoms with Gasteiger partial charge in [-0.05, 0) is 21.3 Å². The standard InChI is InChI=1S/C29H38FN3O5Si/c1-20(2)18-33(36)26-23(38-27(25(26)30)32-17-16-24(34)31-28(32)35)19-37-39(29(3,4)5,21-12-8-6-9-13-21)22-14-10-7-11-15-22/h6-17,20,23,25-27,36H,18-19H2,1-5H3,(H,31,34,35)/t23-,25+,26-,27-/m1/s1. The Morgan fingerprint density at radius 1 is 1.05 bits per heavy atom. The fourth-order valence-electron chi connectivity index (χ4n) is 5.51. The maximum atomic E-state index is 16.0.